The van der Waals surface area contributed by atoms with Gasteiger partial charge in [0.2, 0.25) is 0 Å². The normalized spacial score (nSPS) is 25.6. The molecule has 1 heteroatoms. The minimum Gasteiger partial charge on any atom is -0.0762 e. The van der Waals surface area contributed by atoms with Gasteiger partial charge < -0.3 is 0 Å². The molecule has 0 radical (unpaired) electrons. The second-order valence-electron chi connectivity index (χ2n) is 13.9. The van der Waals surface area contributed by atoms with Crippen LogP contribution in [0.4, 0.5) is 0 Å². The fraction of sp³-hybridized carbons (Fsp3) is 0.750. The molecule has 0 spiro atoms. The predicted octanol–water partition coefficient (Wildman–Crippen LogP) is 10.9. The summed E-state index contributed by atoms with van der Waals surface area (Å²) in [6.07, 6.45) is 13.4. The highest BCUT2D eigenvalue weighted by atomic mass is 28.3. The van der Waals surface area contributed by atoms with Crippen molar-refractivity contribution in [2.75, 3.05) is 0 Å². The maximum atomic E-state index is 2.78. The molecule has 0 aromatic carbocycles. The van der Waals surface area contributed by atoms with E-state index in [0.29, 0.717) is 22.9 Å². The summed E-state index contributed by atoms with van der Waals surface area (Å²) in [6, 6.07) is 0. The van der Waals surface area contributed by atoms with Gasteiger partial charge in [-0.15, -0.1) is 0 Å². The molecule has 4 unspecified atom stereocenters. The molecular weight excluding hydrogens is 412 g/mol. The average Bonchev–Trinajstić information content (AvgIpc) is 3.33. The standard InChI is InChI=1S/C32H56Si/c1-15-23(7)33(24(8)16-2,29-19-25(31(9,10)11)17-27(29)21(3)4)30-20-26(32(12,13)14)18-28(30)22(5)6/h17-24,29-30H,15-16H2,1-14H3. The Morgan fingerprint density at radius 3 is 1.15 bits per heavy atom. The second kappa shape index (κ2) is 10.0. The summed E-state index contributed by atoms with van der Waals surface area (Å²) in [7, 11) is -1.92. The fourth-order valence-electron chi connectivity index (χ4n) is 6.65. The second-order valence-corrected chi connectivity index (χ2v) is 19.1. The molecule has 0 aromatic heterocycles. The molecule has 2 aliphatic rings. The van der Waals surface area contributed by atoms with E-state index >= 15 is 0 Å². The van der Waals surface area contributed by atoms with Crippen LogP contribution in [0.5, 0.6) is 0 Å². The largest absolute Gasteiger partial charge is 0.0820 e. The molecule has 0 heterocycles. The SMILES string of the molecule is CCC(C)[Si](C(C)CC)(C1C=C(C(C)(C)C)C=C1C(C)C)C1C=C(C(C)(C)C)C=C1C(C)C. The maximum absolute atomic E-state index is 2.78. The van der Waals surface area contributed by atoms with Crippen LogP contribution >= 0.6 is 0 Å². The molecule has 0 saturated carbocycles. The van der Waals surface area contributed by atoms with Crippen molar-refractivity contribution in [1.82, 2.24) is 0 Å². The van der Waals surface area contributed by atoms with Gasteiger partial charge in [-0.3, -0.25) is 0 Å². The van der Waals surface area contributed by atoms with Gasteiger partial charge >= 0.3 is 0 Å². The summed E-state index contributed by atoms with van der Waals surface area (Å²) in [5.41, 5.74) is 9.85. The van der Waals surface area contributed by atoms with E-state index in [1.165, 1.54) is 12.8 Å². The van der Waals surface area contributed by atoms with Crippen LogP contribution in [0, 0.1) is 22.7 Å². The molecule has 0 N–H and O–H groups in total. The third-order valence-corrected chi connectivity index (χ3v) is 16.5. The van der Waals surface area contributed by atoms with E-state index in [1.807, 2.05) is 0 Å². The van der Waals surface area contributed by atoms with Crippen molar-refractivity contribution in [3.8, 4) is 0 Å². The van der Waals surface area contributed by atoms with Crippen LogP contribution in [0.25, 0.3) is 0 Å². The van der Waals surface area contributed by atoms with Crippen LogP contribution in [-0.2, 0) is 0 Å². The molecule has 188 valence electrons. The molecule has 0 bridgehead atoms. The zero-order chi connectivity index (χ0) is 25.5. The van der Waals surface area contributed by atoms with Gasteiger partial charge in [0.1, 0.15) is 0 Å². The summed E-state index contributed by atoms with van der Waals surface area (Å²) >= 11 is 0. The van der Waals surface area contributed by atoms with Crippen LogP contribution in [0.2, 0.25) is 22.2 Å². The van der Waals surface area contributed by atoms with Crippen molar-refractivity contribution in [3.05, 3.63) is 46.6 Å². The van der Waals surface area contributed by atoms with Gasteiger partial charge in [-0.05, 0) is 56.0 Å². The van der Waals surface area contributed by atoms with Crippen LogP contribution in [-0.4, -0.2) is 8.07 Å². The van der Waals surface area contributed by atoms with Crippen molar-refractivity contribution >= 4 is 8.07 Å². The Hall–Kier alpha value is -0.823. The van der Waals surface area contributed by atoms with Crippen molar-refractivity contribution < 1.29 is 0 Å². The van der Waals surface area contributed by atoms with Crippen LogP contribution in [0.1, 0.15) is 110 Å². The number of allylic oxidation sites excluding steroid dienone is 8. The first kappa shape index (κ1) is 28.4. The Morgan fingerprint density at radius 2 is 0.939 bits per heavy atom. The van der Waals surface area contributed by atoms with Gasteiger partial charge in [-0.1, -0.05) is 145 Å². The van der Waals surface area contributed by atoms with Crippen LogP contribution in [0.15, 0.2) is 46.6 Å². The van der Waals surface area contributed by atoms with Crippen LogP contribution in [0.3, 0.4) is 0 Å². The molecule has 33 heavy (non-hydrogen) atoms. The van der Waals surface area contributed by atoms with Crippen molar-refractivity contribution in [2.24, 2.45) is 22.7 Å². The highest BCUT2D eigenvalue weighted by Gasteiger charge is 2.56. The van der Waals surface area contributed by atoms with E-state index in [4.69, 9.17) is 0 Å². The summed E-state index contributed by atoms with van der Waals surface area (Å²) in [6.45, 7) is 34.3. The zero-order valence-corrected chi connectivity index (χ0v) is 25.7. The first-order valence-corrected chi connectivity index (χ1v) is 16.2. The minimum absolute atomic E-state index is 0.207. The third-order valence-electron chi connectivity index (χ3n) is 9.13. The molecule has 0 saturated heterocycles. The lowest BCUT2D eigenvalue weighted by Gasteiger charge is -2.52. The molecule has 2 aliphatic carbocycles. The predicted molar refractivity (Wildman–Crippen MR) is 154 cm³/mol. The van der Waals surface area contributed by atoms with Crippen molar-refractivity contribution in [1.29, 1.82) is 0 Å². The average molecular weight is 469 g/mol. The lowest BCUT2D eigenvalue weighted by molar-refractivity contribution is 0.517. The molecule has 0 aliphatic heterocycles. The van der Waals surface area contributed by atoms with Gasteiger partial charge in [0.05, 0.1) is 8.07 Å². The topological polar surface area (TPSA) is 0 Å². The van der Waals surface area contributed by atoms with E-state index in [2.05, 4.69) is 121 Å². The molecular formula is C32H56Si. The van der Waals surface area contributed by atoms with E-state index in [9.17, 15) is 0 Å². The van der Waals surface area contributed by atoms with Crippen molar-refractivity contribution in [2.45, 2.75) is 132 Å². The lowest BCUT2D eigenvalue weighted by atomic mass is 9.87. The monoisotopic (exact) mass is 468 g/mol. The zero-order valence-electron chi connectivity index (χ0n) is 24.7. The first-order chi connectivity index (χ1) is 15.0. The summed E-state index contributed by atoms with van der Waals surface area (Å²) in [5.74, 6) is 1.20. The minimum atomic E-state index is -1.92. The van der Waals surface area contributed by atoms with Gasteiger partial charge in [0.25, 0.3) is 0 Å². The number of hydrogen-bond acceptors (Lipinski definition) is 0. The Bertz CT molecular complexity index is 746. The number of rotatable bonds is 8. The van der Waals surface area contributed by atoms with E-state index in [-0.39, 0.29) is 10.8 Å². The van der Waals surface area contributed by atoms with Crippen LogP contribution < -0.4 is 0 Å². The Balaban J connectivity index is 2.92. The first-order valence-electron chi connectivity index (χ1n) is 13.9. The van der Waals surface area contributed by atoms with Gasteiger partial charge in [0.15, 0.2) is 0 Å². The van der Waals surface area contributed by atoms with E-state index < -0.39 is 8.07 Å². The van der Waals surface area contributed by atoms with E-state index in [1.54, 1.807) is 22.3 Å². The quantitative estimate of drug-likeness (QED) is 0.311. The maximum Gasteiger partial charge on any atom is 0.0820 e. The highest BCUT2D eigenvalue weighted by Crippen LogP contribution is 2.63. The Kier molecular flexibility index (Phi) is 8.64. The van der Waals surface area contributed by atoms with Gasteiger partial charge in [-0.2, -0.15) is 0 Å². The third kappa shape index (κ3) is 5.24. The van der Waals surface area contributed by atoms with Gasteiger partial charge in [-0.25, -0.2) is 0 Å². The number of hydrogen-bond donors (Lipinski definition) is 0. The van der Waals surface area contributed by atoms with E-state index in [0.717, 1.165) is 11.1 Å². The summed E-state index contributed by atoms with van der Waals surface area (Å²) in [4.78, 5) is 0. The smallest absolute Gasteiger partial charge is 0.0762 e. The molecule has 0 amide bonds. The fourth-order valence-corrected chi connectivity index (χ4v) is 14.8. The van der Waals surface area contributed by atoms with Gasteiger partial charge in [0, 0.05) is 0 Å². The molecule has 0 nitrogen and oxygen atoms in total. The van der Waals surface area contributed by atoms with Crippen molar-refractivity contribution in [3.63, 3.8) is 0 Å². The summed E-state index contributed by atoms with van der Waals surface area (Å²) < 4.78 is 0. The molecule has 0 fully saturated rings. The Labute approximate surface area is 209 Å². The summed E-state index contributed by atoms with van der Waals surface area (Å²) in [5, 5.41) is 0. The molecule has 0 aromatic rings. The Morgan fingerprint density at radius 1 is 0.636 bits per heavy atom. The highest BCUT2D eigenvalue weighted by molar-refractivity contribution is 6.87. The lowest BCUT2D eigenvalue weighted by Crippen LogP contribution is -2.52. The molecule has 2 rings (SSSR count). The molecule has 4 atom stereocenters.